The quantitative estimate of drug-likeness (QED) is 0.188. The summed E-state index contributed by atoms with van der Waals surface area (Å²) in [6, 6.07) is 24.2. The fraction of sp³-hybridized carbons (Fsp3) is 0.0400. The van der Waals surface area contributed by atoms with E-state index in [2.05, 4.69) is 11.1 Å². The average Bonchev–Trinajstić information content (AvgIpc) is 3.16. The lowest BCUT2D eigenvalue weighted by atomic mass is 10.0. The molecule has 146 valence electrons. The van der Waals surface area contributed by atoms with Gasteiger partial charge in [-0.25, -0.2) is 0 Å². The largest absolute Gasteiger partial charge is 0.426 e. The van der Waals surface area contributed by atoms with Crippen LogP contribution >= 0.6 is 11.6 Å². The maximum Gasteiger partial charge on any atom is 0.315 e. The second-order valence-electron chi connectivity index (χ2n) is 6.76. The molecule has 0 amide bonds. The van der Waals surface area contributed by atoms with E-state index in [1.807, 2.05) is 36.5 Å². The topological polar surface area (TPSA) is 65.9 Å². The van der Waals surface area contributed by atoms with E-state index in [0.717, 1.165) is 27.6 Å². The Morgan fingerprint density at radius 2 is 1.87 bits per heavy atom. The lowest BCUT2D eigenvalue weighted by Crippen LogP contribution is -2.10. The van der Waals surface area contributed by atoms with Crippen LogP contribution in [0.15, 0.2) is 79.0 Å². The molecule has 0 radical (unpaired) electrons. The number of hydrogen-bond donors (Lipinski definition) is 1. The zero-order valence-electron chi connectivity index (χ0n) is 15.9. The van der Waals surface area contributed by atoms with E-state index in [9.17, 15) is 10.1 Å². The Labute approximate surface area is 179 Å². The molecule has 4 aromatic rings. The van der Waals surface area contributed by atoms with Crippen LogP contribution in [0.1, 0.15) is 16.7 Å². The fourth-order valence-electron chi connectivity index (χ4n) is 3.24. The monoisotopic (exact) mass is 412 g/mol. The van der Waals surface area contributed by atoms with Gasteiger partial charge in [-0.2, -0.15) is 5.26 Å². The van der Waals surface area contributed by atoms with Crippen molar-refractivity contribution in [2.75, 3.05) is 0 Å². The maximum atomic E-state index is 12.3. The minimum Gasteiger partial charge on any atom is -0.426 e. The van der Waals surface area contributed by atoms with Crippen molar-refractivity contribution in [3.8, 4) is 11.8 Å². The lowest BCUT2D eigenvalue weighted by molar-refractivity contribution is -0.133. The summed E-state index contributed by atoms with van der Waals surface area (Å²) in [6.45, 7) is 0. The summed E-state index contributed by atoms with van der Waals surface area (Å²) in [5.41, 5.74) is 3.96. The molecule has 0 unspecified atom stereocenters. The number of hydrogen-bond acceptors (Lipinski definition) is 3. The summed E-state index contributed by atoms with van der Waals surface area (Å²) in [5, 5.41) is 11.1. The van der Waals surface area contributed by atoms with Gasteiger partial charge in [0.05, 0.1) is 18.1 Å². The molecule has 0 spiro atoms. The summed E-state index contributed by atoms with van der Waals surface area (Å²) >= 11 is 6.01. The van der Waals surface area contributed by atoms with Gasteiger partial charge < -0.3 is 9.72 Å². The number of esters is 1. The van der Waals surface area contributed by atoms with Crippen LogP contribution in [0.2, 0.25) is 5.02 Å². The number of H-pyrrole nitrogens is 1. The molecule has 0 aliphatic heterocycles. The minimum atomic E-state index is -0.334. The number of allylic oxidation sites excluding steroid dienone is 1. The number of ether oxygens (including phenoxy) is 1. The van der Waals surface area contributed by atoms with Crippen LogP contribution in [-0.2, 0) is 11.2 Å². The summed E-state index contributed by atoms with van der Waals surface area (Å²) in [4.78, 5) is 15.5. The van der Waals surface area contributed by atoms with E-state index >= 15 is 0 Å². The number of rotatable bonds is 5. The highest BCUT2D eigenvalue weighted by Crippen LogP contribution is 2.23. The molecule has 0 atom stereocenters. The van der Waals surface area contributed by atoms with E-state index in [1.54, 1.807) is 48.5 Å². The molecule has 0 aliphatic carbocycles. The normalized spacial score (nSPS) is 11.3. The number of nitriles is 1. The van der Waals surface area contributed by atoms with Gasteiger partial charge in [-0.15, -0.1) is 0 Å². The molecule has 3 aromatic carbocycles. The number of carbonyl (C=O) groups is 1. The Hall–Kier alpha value is -3.81. The molecule has 0 saturated carbocycles. The molecule has 0 fully saturated rings. The van der Waals surface area contributed by atoms with Crippen molar-refractivity contribution in [2.24, 2.45) is 0 Å². The first-order valence-corrected chi connectivity index (χ1v) is 9.73. The molecule has 0 aliphatic rings. The Morgan fingerprint density at radius 1 is 1.07 bits per heavy atom. The maximum absolute atomic E-state index is 12.3. The third-order valence-electron chi connectivity index (χ3n) is 4.69. The smallest absolute Gasteiger partial charge is 0.315 e. The van der Waals surface area contributed by atoms with Crippen LogP contribution < -0.4 is 4.74 Å². The Balaban J connectivity index is 1.45. The SMILES string of the molecule is N#C/C(=C/c1ccc(OC(=O)Cc2c[nH]c3ccccc23)cc1)c1cccc(Cl)c1. The van der Waals surface area contributed by atoms with E-state index in [0.29, 0.717) is 16.3 Å². The molecule has 4 nitrogen and oxygen atoms in total. The number of aromatic nitrogens is 1. The van der Waals surface area contributed by atoms with Crippen molar-refractivity contribution < 1.29 is 9.53 Å². The molecule has 1 N–H and O–H groups in total. The molecule has 5 heteroatoms. The van der Waals surface area contributed by atoms with Gasteiger partial charge >= 0.3 is 5.97 Å². The van der Waals surface area contributed by atoms with Gasteiger partial charge in [0.2, 0.25) is 0 Å². The second-order valence-corrected chi connectivity index (χ2v) is 7.20. The van der Waals surface area contributed by atoms with Crippen LogP contribution in [-0.4, -0.2) is 11.0 Å². The summed E-state index contributed by atoms with van der Waals surface area (Å²) in [6.07, 6.45) is 3.78. The zero-order valence-corrected chi connectivity index (χ0v) is 16.7. The number of carbonyl (C=O) groups excluding carboxylic acids is 1. The number of halogens is 1. The third kappa shape index (κ3) is 4.43. The van der Waals surface area contributed by atoms with Crippen molar-refractivity contribution >= 4 is 40.1 Å². The van der Waals surface area contributed by atoms with Gasteiger partial charge in [0.25, 0.3) is 0 Å². The molecular weight excluding hydrogens is 396 g/mol. The van der Waals surface area contributed by atoms with Gasteiger partial charge in [-0.05, 0) is 53.1 Å². The van der Waals surface area contributed by atoms with Crippen LogP contribution in [0, 0.1) is 11.3 Å². The number of benzene rings is 3. The number of aromatic amines is 1. The summed E-state index contributed by atoms with van der Waals surface area (Å²) in [7, 11) is 0. The van der Waals surface area contributed by atoms with Gasteiger partial charge in [-0.3, -0.25) is 4.79 Å². The van der Waals surface area contributed by atoms with Crippen molar-refractivity contribution in [1.29, 1.82) is 5.26 Å². The van der Waals surface area contributed by atoms with Crippen molar-refractivity contribution in [3.05, 3.63) is 101 Å². The predicted octanol–water partition coefficient (Wildman–Crippen LogP) is 6.03. The van der Waals surface area contributed by atoms with Crippen LogP contribution in [0.3, 0.4) is 0 Å². The van der Waals surface area contributed by atoms with Crippen LogP contribution in [0.4, 0.5) is 0 Å². The first-order chi connectivity index (χ1) is 14.6. The Morgan fingerprint density at radius 3 is 2.63 bits per heavy atom. The number of para-hydroxylation sites is 1. The molecule has 1 heterocycles. The molecule has 0 saturated heterocycles. The molecule has 30 heavy (non-hydrogen) atoms. The van der Waals surface area contributed by atoms with Crippen molar-refractivity contribution in [3.63, 3.8) is 0 Å². The van der Waals surface area contributed by atoms with Gasteiger partial charge in [0.1, 0.15) is 5.75 Å². The highest BCUT2D eigenvalue weighted by molar-refractivity contribution is 6.30. The third-order valence-corrected chi connectivity index (χ3v) is 4.92. The van der Waals surface area contributed by atoms with Gasteiger partial charge in [0, 0.05) is 22.1 Å². The van der Waals surface area contributed by atoms with E-state index in [1.165, 1.54) is 0 Å². The lowest BCUT2D eigenvalue weighted by Gasteiger charge is -2.05. The van der Waals surface area contributed by atoms with E-state index < -0.39 is 0 Å². The van der Waals surface area contributed by atoms with Crippen molar-refractivity contribution in [2.45, 2.75) is 6.42 Å². The Kier molecular flexibility index (Phi) is 5.65. The zero-order chi connectivity index (χ0) is 20.9. The molecule has 0 bridgehead atoms. The summed E-state index contributed by atoms with van der Waals surface area (Å²) < 4.78 is 5.47. The second kappa shape index (κ2) is 8.69. The standard InChI is InChI=1S/C25H17ClN2O2/c26-21-5-3-4-18(13-21)19(15-27)12-17-8-10-22(11-9-17)30-25(29)14-20-16-28-24-7-2-1-6-23(20)24/h1-13,16,28H,14H2/b19-12-. The van der Waals surface area contributed by atoms with E-state index in [4.69, 9.17) is 16.3 Å². The molecular formula is C25H17ClN2O2. The van der Waals surface area contributed by atoms with Crippen LogP contribution in [0.5, 0.6) is 5.75 Å². The molecule has 1 aromatic heterocycles. The number of nitrogens with zero attached hydrogens (tertiary/aromatic N) is 1. The minimum absolute atomic E-state index is 0.180. The highest BCUT2D eigenvalue weighted by atomic mass is 35.5. The molecule has 4 rings (SSSR count). The Bertz CT molecular complexity index is 1280. The van der Waals surface area contributed by atoms with Crippen molar-refractivity contribution in [1.82, 2.24) is 4.98 Å². The van der Waals surface area contributed by atoms with Gasteiger partial charge in [-0.1, -0.05) is 54.1 Å². The predicted molar refractivity (Wildman–Crippen MR) is 119 cm³/mol. The number of nitrogens with one attached hydrogen (secondary N) is 1. The van der Waals surface area contributed by atoms with Gasteiger partial charge in [0.15, 0.2) is 0 Å². The average molecular weight is 413 g/mol. The fourth-order valence-corrected chi connectivity index (χ4v) is 3.43. The number of fused-ring (bicyclic) bond motifs is 1. The van der Waals surface area contributed by atoms with E-state index in [-0.39, 0.29) is 12.4 Å². The first kappa shape index (κ1) is 19.5. The highest BCUT2D eigenvalue weighted by Gasteiger charge is 2.11. The van der Waals surface area contributed by atoms with Crippen LogP contribution in [0.25, 0.3) is 22.6 Å². The first-order valence-electron chi connectivity index (χ1n) is 9.36. The summed E-state index contributed by atoms with van der Waals surface area (Å²) in [5.74, 6) is 0.123.